The van der Waals surface area contributed by atoms with Crippen molar-refractivity contribution in [2.75, 3.05) is 0 Å². The molecule has 2 unspecified atom stereocenters. The molecule has 122 valence electrons. The number of ether oxygens (including phenoxy) is 1. The van der Waals surface area contributed by atoms with Crippen LogP contribution >= 0.6 is 0 Å². The summed E-state index contributed by atoms with van der Waals surface area (Å²) in [7, 11) is 0. The van der Waals surface area contributed by atoms with E-state index in [0.717, 1.165) is 19.3 Å². The van der Waals surface area contributed by atoms with E-state index in [1.807, 2.05) is 20.8 Å². The van der Waals surface area contributed by atoms with Gasteiger partial charge < -0.3 is 15.0 Å². The van der Waals surface area contributed by atoms with E-state index >= 15 is 0 Å². The second-order valence-electron chi connectivity index (χ2n) is 7.03. The van der Waals surface area contributed by atoms with Gasteiger partial charge in [0.05, 0.1) is 12.1 Å². The van der Waals surface area contributed by atoms with Gasteiger partial charge in [-0.2, -0.15) is 0 Å². The topological polar surface area (TPSA) is 41.6 Å². The summed E-state index contributed by atoms with van der Waals surface area (Å²) in [5.74, 6) is 0. The van der Waals surface area contributed by atoms with Crippen LogP contribution in [0.5, 0.6) is 0 Å². The summed E-state index contributed by atoms with van der Waals surface area (Å²) in [6, 6.07) is 0.485. The minimum atomic E-state index is -0.458. The minimum Gasteiger partial charge on any atom is -0.444 e. The molecule has 0 aromatic heterocycles. The van der Waals surface area contributed by atoms with Gasteiger partial charge in [0, 0.05) is 11.9 Å². The number of allylic oxidation sites excluding steroid dienone is 3. The molecule has 2 rings (SSSR count). The summed E-state index contributed by atoms with van der Waals surface area (Å²) in [6.45, 7) is 10.0. The normalized spacial score (nSPS) is 24.9. The highest BCUT2D eigenvalue weighted by molar-refractivity contribution is 5.68. The lowest BCUT2D eigenvalue weighted by Crippen LogP contribution is -2.37. The van der Waals surface area contributed by atoms with E-state index in [0.29, 0.717) is 6.04 Å². The zero-order chi connectivity index (χ0) is 16.3. The Morgan fingerprint density at radius 1 is 1.45 bits per heavy atom. The van der Waals surface area contributed by atoms with E-state index in [1.165, 1.54) is 11.3 Å². The van der Waals surface area contributed by atoms with Crippen molar-refractivity contribution in [1.29, 1.82) is 0 Å². The second-order valence-corrected chi connectivity index (χ2v) is 7.03. The van der Waals surface area contributed by atoms with Gasteiger partial charge in [-0.1, -0.05) is 18.6 Å². The Morgan fingerprint density at radius 2 is 2.18 bits per heavy atom. The van der Waals surface area contributed by atoms with E-state index in [-0.39, 0.29) is 12.1 Å². The Balaban J connectivity index is 1.99. The number of amides is 1. The fraction of sp³-hybridized carbons (Fsp3) is 0.611. The van der Waals surface area contributed by atoms with E-state index in [9.17, 15) is 4.79 Å². The van der Waals surface area contributed by atoms with Gasteiger partial charge in [0.25, 0.3) is 0 Å². The lowest BCUT2D eigenvalue weighted by Gasteiger charge is -2.34. The fourth-order valence-corrected chi connectivity index (χ4v) is 3.03. The molecule has 1 aliphatic heterocycles. The fourth-order valence-electron chi connectivity index (χ4n) is 3.03. The van der Waals surface area contributed by atoms with Crippen LogP contribution < -0.4 is 5.32 Å². The molecular formula is C18H28N2O2. The predicted molar refractivity (Wildman–Crippen MR) is 89.3 cm³/mol. The molecule has 0 saturated carbocycles. The molecule has 0 saturated heterocycles. The number of alkyl carbamates (subject to hydrolysis) is 1. The van der Waals surface area contributed by atoms with Crippen molar-refractivity contribution in [3.05, 3.63) is 35.7 Å². The summed E-state index contributed by atoms with van der Waals surface area (Å²) in [5, 5.41) is 2.95. The molecule has 0 aromatic carbocycles. The van der Waals surface area contributed by atoms with Crippen molar-refractivity contribution >= 4 is 6.09 Å². The number of nitrogens with one attached hydrogen (secondary N) is 1. The molecule has 2 aliphatic rings. The highest BCUT2D eigenvalue weighted by Gasteiger charge is 2.27. The van der Waals surface area contributed by atoms with Crippen molar-refractivity contribution in [3.8, 4) is 0 Å². The zero-order valence-corrected chi connectivity index (χ0v) is 14.3. The van der Waals surface area contributed by atoms with E-state index in [2.05, 4.69) is 48.5 Å². The van der Waals surface area contributed by atoms with Gasteiger partial charge in [0.1, 0.15) is 5.60 Å². The Kier molecular flexibility index (Phi) is 4.99. The van der Waals surface area contributed by atoms with Gasteiger partial charge in [0.2, 0.25) is 0 Å². The van der Waals surface area contributed by atoms with Crippen molar-refractivity contribution in [2.45, 2.75) is 71.6 Å². The van der Waals surface area contributed by atoms with Gasteiger partial charge in [-0.05, 0) is 59.1 Å². The average Bonchev–Trinajstić information content (AvgIpc) is 2.84. The Bertz CT molecular complexity index is 512. The van der Waals surface area contributed by atoms with E-state index < -0.39 is 5.60 Å². The summed E-state index contributed by atoms with van der Waals surface area (Å²) in [6.07, 6.45) is 11.2. The summed E-state index contributed by atoms with van der Waals surface area (Å²) in [4.78, 5) is 14.2. The smallest absolute Gasteiger partial charge is 0.408 e. The SMILES string of the molecule is CCC1C(C)=CC=CN1C1=CC(NC(=O)OC(C)(C)C)CC1. The number of rotatable bonds is 3. The number of hydrogen-bond donors (Lipinski definition) is 1. The molecular weight excluding hydrogens is 276 g/mol. The predicted octanol–water partition coefficient (Wildman–Crippen LogP) is 4.11. The lowest BCUT2D eigenvalue weighted by molar-refractivity contribution is 0.0514. The van der Waals surface area contributed by atoms with Crippen LogP contribution in [0.4, 0.5) is 4.79 Å². The number of carbonyl (C=O) groups excluding carboxylic acids is 1. The van der Waals surface area contributed by atoms with Gasteiger partial charge in [0.15, 0.2) is 0 Å². The Morgan fingerprint density at radius 3 is 2.82 bits per heavy atom. The number of nitrogens with zero attached hydrogens (tertiary/aromatic N) is 1. The van der Waals surface area contributed by atoms with Gasteiger partial charge in [-0.3, -0.25) is 0 Å². The van der Waals surface area contributed by atoms with Crippen molar-refractivity contribution in [1.82, 2.24) is 10.2 Å². The van der Waals surface area contributed by atoms with Crippen LogP contribution in [0.2, 0.25) is 0 Å². The first kappa shape index (κ1) is 16.7. The first-order valence-electron chi connectivity index (χ1n) is 8.13. The molecule has 0 aromatic rings. The van der Waals surface area contributed by atoms with Gasteiger partial charge in [-0.25, -0.2) is 4.79 Å². The van der Waals surface area contributed by atoms with Crippen LogP contribution in [0.3, 0.4) is 0 Å². The standard InChI is InChI=1S/C18H28N2O2/c1-6-16-13(2)8-7-11-20(16)15-10-9-14(12-15)19-17(21)22-18(3,4)5/h7-8,11-12,14,16H,6,9-10H2,1-5H3,(H,19,21). The maximum absolute atomic E-state index is 11.9. The molecule has 4 nitrogen and oxygen atoms in total. The Labute approximate surface area is 133 Å². The highest BCUT2D eigenvalue weighted by Crippen LogP contribution is 2.30. The van der Waals surface area contributed by atoms with Gasteiger partial charge in [-0.15, -0.1) is 0 Å². The van der Waals surface area contributed by atoms with Crippen molar-refractivity contribution in [2.24, 2.45) is 0 Å². The zero-order valence-electron chi connectivity index (χ0n) is 14.3. The average molecular weight is 304 g/mol. The highest BCUT2D eigenvalue weighted by atomic mass is 16.6. The Hall–Kier alpha value is -1.71. The molecule has 4 heteroatoms. The molecule has 0 spiro atoms. The van der Waals surface area contributed by atoms with Crippen LogP contribution in [-0.4, -0.2) is 28.7 Å². The molecule has 1 aliphatic carbocycles. The lowest BCUT2D eigenvalue weighted by atomic mass is 10.0. The molecule has 0 radical (unpaired) electrons. The summed E-state index contributed by atoms with van der Waals surface area (Å²) in [5.41, 5.74) is 2.21. The van der Waals surface area contributed by atoms with Crippen LogP contribution in [-0.2, 0) is 4.74 Å². The quantitative estimate of drug-likeness (QED) is 0.853. The molecule has 0 bridgehead atoms. The van der Waals surface area contributed by atoms with Crippen LogP contribution in [0.25, 0.3) is 0 Å². The minimum absolute atomic E-state index is 0.0574. The molecule has 22 heavy (non-hydrogen) atoms. The molecule has 1 amide bonds. The molecule has 0 fully saturated rings. The monoisotopic (exact) mass is 304 g/mol. The number of carbonyl (C=O) groups is 1. The van der Waals surface area contributed by atoms with Gasteiger partial charge >= 0.3 is 6.09 Å². The molecule has 1 N–H and O–H groups in total. The summed E-state index contributed by atoms with van der Waals surface area (Å²) >= 11 is 0. The number of hydrogen-bond acceptors (Lipinski definition) is 3. The van der Waals surface area contributed by atoms with Crippen LogP contribution in [0.15, 0.2) is 35.7 Å². The van der Waals surface area contributed by atoms with Crippen LogP contribution in [0, 0.1) is 0 Å². The largest absolute Gasteiger partial charge is 0.444 e. The molecule has 1 heterocycles. The van der Waals surface area contributed by atoms with E-state index in [1.54, 1.807) is 0 Å². The maximum Gasteiger partial charge on any atom is 0.408 e. The van der Waals surface area contributed by atoms with E-state index in [4.69, 9.17) is 4.74 Å². The van der Waals surface area contributed by atoms with Crippen molar-refractivity contribution < 1.29 is 9.53 Å². The first-order valence-corrected chi connectivity index (χ1v) is 8.13. The third-order valence-electron chi connectivity index (χ3n) is 3.99. The summed E-state index contributed by atoms with van der Waals surface area (Å²) < 4.78 is 5.32. The third kappa shape index (κ3) is 4.15. The van der Waals surface area contributed by atoms with Crippen LogP contribution in [0.1, 0.15) is 53.9 Å². The maximum atomic E-state index is 11.9. The molecule has 2 atom stereocenters. The second kappa shape index (κ2) is 6.59. The first-order chi connectivity index (χ1) is 10.3. The van der Waals surface area contributed by atoms with Crippen molar-refractivity contribution in [3.63, 3.8) is 0 Å². The third-order valence-corrected chi connectivity index (χ3v) is 3.99.